The SMILES string of the molecule is C[C@@H](NC(=O)CNC1CC1)[C@H]1C(=O)N2C(C(=O)O)=C(S[C@@H]3CN[C@H](C(=O)N4CC[C@H](N)C4)C3)[C@H](C)[C@H]12. The number of carboxylic acid groups (broad SMARTS) is 1. The zero-order valence-corrected chi connectivity index (χ0v) is 21.6. The van der Waals surface area contributed by atoms with Crippen molar-refractivity contribution in [1.82, 2.24) is 25.8 Å². The van der Waals surface area contributed by atoms with Gasteiger partial charge < -0.3 is 36.6 Å². The smallest absolute Gasteiger partial charge is 0.353 e. The van der Waals surface area contributed by atoms with E-state index in [9.17, 15) is 24.3 Å². The average Bonchev–Trinajstić information content (AvgIpc) is 3.26. The van der Waals surface area contributed by atoms with Gasteiger partial charge in [-0.25, -0.2) is 4.79 Å². The number of nitrogens with zero attached hydrogens (tertiary/aromatic N) is 2. The van der Waals surface area contributed by atoms with Crippen LogP contribution in [0.2, 0.25) is 0 Å². The van der Waals surface area contributed by atoms with Gasteiger partial charge in [0, 0.05) is 53.8 Å². The van der Waals surface area contributed by atoms with E-state index in [1.165, 1.54) is 16.7 Å². The molecule has 0 aromatic carbocycles. The molecule has 11 nitrogen and oxygen atoms in total. The number of β-lactam (4-membered cyclic amide) rings is 1. The summed E-state index contributed by atoms with van der Waals surface area (Å²) in [6.45, 7) is 5.83. The summed E-state index contributed by atoms with van der Waals surface area (Å²) in [6, 6.07) is -0.549. The predicted octanol–water partition coefficient (Wildman–Crippen LogP) is -0.961. The Kier molecular flexibility index (Phi) is 7.05. The number of hydrogen-bond donors (Lipinski definition) is 5. The largest absolute Gasteiger partial charge is 0.477 e. The van der Waals surface area contributed by atoms with Crippen molar-refractivity contribution < 1.29 is 24.3 Å². The van der Waals surface area contributed by atoms with E-state index in [0.29, 0.717) is 37.0 Å². The number of thioether (sulfide) groups is 1. The summed E-state index contributed by atoms with van der Waals surface area (Å²) in [5, 5.41) is 19.4. The highest BCUT2D eigenvalue weighted by molar-refractivity contribution is 8.03. The van der Waals surface area contributed by atoms with E-state index in [1.54, 1.807) is 4.90 Å². The van der Waals surface area contributed by atoms with Crippen LogP contribution in [-0.2, 0) is 19.2 Å². The third kappa shape index (κ3) is 4.75. The van der Waals surface area contributed by atoms with Gasteiger partial charge in [-0.1, -0.05) is 6.92 Å². The maximum absolute atomic E-state index is 13.1. The molecule has 3 saturated heterocycles. The summed E-state index contributed by atoms with van der Waals surface area (Å²) in [7, 11) is 0. The van der Waals surface area contributed by atoms with Crippen LogP contribution in [0, 0.1) is 11.8 Å². The second-order valence-corrected chi connectivity index (χ2v) is 12.2. The van der Waals surface area contributed by atoms with Gasteiger partial charge in [-0.05, 0) is 32.6 Å². The van der Waals surface area contributed by atoms with E-state index in [-0.39, 0.29) is 59.3 Å². The number of likely N-dealkylation sites (tertiary alicyclic amines) is 1. The van der Waals surface area contributed by atoms with Gasteiger partial charge in [0.15, 0.2) is 0 Å². The van der Waals surface area contributed by atoms with Crippen LogP contribution in [0.15, 0.2) is 10.6 Å². The van der Waals surface area contributed by atoms with Crippen molar-refractivity contribution in [2.24, 2.45) is 17.6 Å². The van der Waals surface area contributed by atoms with Crippen LogP contribution in [-0.4, -0.2) is 100 Å². The number of amides is 3. The minimum Gasteiger partial charge on any atom is -0.477 e. The van der Waals surface area contributed by atoms with E-state index in [0.717, 1.165) is 19.3 Å². The molecule has 12 heteroatoms. The summed E-state index contributed by atoms with van der Waals surface area (Å²) in [4.78, 5) is 54.4. The molecular weight excluding hydrogens is 484 g/mol. The summed E-state index contributed by atoms with van der Waals surface area (Å²) in [5.74, 6) is -2.11. The van der Waals surface area contributed by atoms with E-state index >= 15 is 0 Å². The molecule has 1 saturated carbocycles. The van der Waals surface area contributed by atoms with Crippen molar-refractivity contribution in [3.8, 4) is 0 Å². The molecule has 5 aliphatic rings. The van der Waals surface area contributed by atoms with Gasteiger partial charge in [-0.15, -0.1) is 11.8 Å². The third-order valence-electron chi connectivity index (χ3n) is 8.07. The number of aliphatic carboxylic acids is 1. The lowest BCUT2D eigenvalue weighted by atomic mass is 9.78. The number of nitrogens with two attached hydrogens (primary N) is 1. The highest BCUT2D eigenvalue weighted by Crippen LogP contribution is 2.51. The molecule has 1 aliphatic carbocycles. The first-order chi connectivity index (χ1) is 17.2. The van der Waals surface area contributed by atoms with Crippen molar-refractivity contribution in [3.63, 3.8) is 0 Å². The first kappa shape index (κ1) is 25.5. The molecule has 0 aromatic rings. The standard InChI is InChI=1S/C24H36N6O5S/c1-11-19-18(12(2)28-17(31)9-26-14-3-4-14)23(33)30(19)20(24(34)35)21(11)36-15-7-16(27-8-15)22(32)29-6-5-13(25)10-29/h11-16,18-19,26-27H,3-10,25H2,1-2H3,(H,28,31)(H,34,35)/t11-,12-,13+,15+,16+,18-,19-/m1/s1. The number of carbonyl (C=O) groups is 4. The fourth-order valence-electron chi connectivity index (χ4n) is 5.98. The Morgan fingerprint density at radius 2 is 2.03 bits per heavy atom. The monoisotopic (exact) mass is 520 g/mol. The number of carboxylic acids is 1. The maximum atomic E-state index is 13.1. The van der Waals surface area contributed by atoms with Crippen molar-refractivity contribution >= 4 is 35.5 Å². The number of carbonyl (C=O) groups excluding carboxylic acids is 3. The molecule has 0 radical (unpaired) electrons. The number of fused-ring (bicyclic) bond motifs is 1. The Hall–Kier alpha value is -2.15. The van der Waals surface area contributed by atoms with E-state index < -0.39 is 17.9 Å². The Labute approximate surface area is 214 Å². The third-order valence-corrected chi connectivity index (χ3v) is 9.58. The summed E-state index contributed by atoms with van der Waals surface area (Å²) in [5.41, 5.74) is 6.00. The Morgan fingerprint density at radius 3 is 2.67 bits per heavy atom. The molecule has 4 fully saturated rings. The number of hydrogen-bond acceptors (Lipinski definition) is 8. The molecule has 0 bridgehead atoms. The fraction of sp³-hybridized carbons (Fsp3) is 0.750. The minimum absolute atomic E-state index is 0.0276. The van der Waals surface area contributed by atoms with Crippen molar-refractivity contribution in [2.75, 3.05) is 26.2 Å². The molecular formula is C24H36N6O5S. The first-order valence-corrected chi connectivity index (χ1v) is 13.8. The van der Waals surface area contributed by atoms with Gasteiger partial charge in [0.2, 0.25) is 17.7 Å². The van der Waals surface area contributed by atoms with Crippen molar-refractivity contribution in [3.05, 3.63) is 10.6 Å². The van der Waals surface area contributed by atoms with Gasteiger partial charge in [0.1, 0.15) is 5.70 Å². The van der Waals surface area contributed by atoms with Crippen molar-refractivity contribution in [1.29, 1.82) is 0 Å². The minimum atomic E-state index is -1.12. The van der Waals surface area contributed by atoms with Crippen LogP contribution in [0.5, 0.6) is 0 Å². The van der Waals surface area contributed by atoms with Crippen LogP contribution in [0.4, 0.5) is 0 Å². The van der Waals surface area contributed by atoms with Gasteiger partial charge in [0.25, 0.3) is 0 Å². The van der Waals surface area contributed by atoms with Gasteiger partial charge in [-0.2, -0.15) is 0 Å². The highest BCUT2D eigenvalue weighted by atomic mass is 32.2. The molecule has 36 heavy (non-hydrogen) atoms. The summed E-state index contributed by atoms with van der Waals surface area (Å²) in [6.07, 6.45) is 3.58. The highest BCUT2D eigenvalue weighted by Gasteiger charge is 2.60. The van der Waals surface area contributed by atoms with Crippen molar-refractivity contribution in [2.45, 2.75) is 75.0 Å². The summed E-state index contributed by atoms with van der Waals surface area (Å²) < 4.78 is 0. The molecule has 4 heterocycles. The number of nitrogens with one attached hydrogen (secondary N) is 3. The molecule has 0 aromatic heterocycles. The normalized spacial score (nSPS) is 34.6. The van der Waals surface area contributed by atoms with Crippen LogP contribution in [0.1, 0.15) is 39.5 Å². The van der Waals surface area contributed by atoms with Crippen LogP contribution >= 0.6 is 11.8 Å². The summed E-state index contributed by atoms with van der Waals surface area (Å²) >= 11 is 1.47. The molecule has 5 rings (SSSR count). The fourth-order valence-corrected chi connectivity index (χ4v) is 7.46. The first-order valence-electron chi connectivity index (χ1n) is 12.9. The predicted molar refractivity (Wildman–Crippen MR) is 134 cm³/mol. The molecule has 7 atom stereocenters. The zero-order chi connectivity index (χ0) is 25.7. The molecule has 6 N–H and O–H groups in total. The average molecular weight is 521 g/mol. The van der Waals surface area contributed by atoms with Crippen LogP contribution in [0.3, 0.4) is 0 Å². The van der Waals surface area contributed by atoms with Gasteiger partial charge in [-0.3, -0.25) is 14.4 Å². The number of rotatable bonds is 9. The van der Waals surface area contributed by atoms with E-state index in [1.807, 2.05) is 13.8 Å². The van der Waals surface area contributed by atoms with Gasteiger partial charge in [0.05, 0.1) is 24.5 Å². The molecule has 0 unspecified atom stereocenters. The second-order valence-electron chi connectivity index (χ2n) is 10.8. The molecule has 3 amide bonds. The van der Waals surface area contributed by atoms with Gasteiger partial charge >= 0.3 is 5.97 Å². The zero-order valence-electron chi connectivity index (χ0n) is 20.7. The Balaban J connectivity index is 1.22. The maximum Gasteiger partial charge on any atom is 0.353 e. The van der Waals surface area contributed by atoms with E-state index in [2.05, 4.69) is 16.0 Å². The topological polar surface area (TPSA) is 157 Å². The molecule has 0 spiro atoms. The lowest BCUT2D eigenvalue weighted by Gasteiger charge is -2.47. The molecule has 4 aliphatic heterocycles. The van der Waals surface area contributed by atoms with Crippen LogP contribution in [0.25, 0.3) is 0 Å². The quantitative estimate of drug-likeness (QED) is 0.242. The second kappa shape index (κ2) is 9.96. The Morgan fingerprint density at radius 1 is 1.28 bits per heavy atom. The molecule has 198 valence electrons. The lowest BCUT2D eigenvalue weighted by molar-refractivity contribution is -0.158. The van der Waals surface area contributed by atoms with E-state index in [4.69, 9.17) is 5.73 Å². The Bertz CT molecular complexity index is 986. The van der Waals surface area contributed by atoms with Crippen LogP contribution < -0.4 is 21.7 Å². The lowest BCUT2D eigenvalue weighted by Crippen LogP contribution is -2.66.